The number of hydrogen-bond acceptors (Lipinski definition) is 7. The number of nitrogens with zero attached hydrogens (tertiary/aromatic N) is 2. The van der Waals surface area contributed by atoms with Crippen LogP contribution in [0.5, 0.6) is 0 Å². The molecule has 0 unspecified atom stereocenters. The molecule has 46 heavy (non-hydrogen) atoms. The van der Waals surface area contributed by atoms with Gasteiger partial charge in [0.2, 0.25) is 5.89 Å². The van der Waals surface area contributed by atoms with Gasteiger partial charge in [-0.15, -0.1) is 0 Å². The number of benzene rings is 3. The van der Waals surface area contributed by atoms with Crippen LogP contribution in [0.25, 0.3) is 0 Å². The average Bonchev–Trinajstić information content (AvgIpc) is 3.49. The Morgan fingerprint density at radius 3 is 2.13 bits per heavy atom. The van der Waals surface area contributed by atoms with Crippen LogP contribution in [0.2, 0.25) is 0 Å². The topological polar surface area (TPSA) is 131 Å². The van der Waals surface area contributed by atoms with Crippen molar-refractivity contribution in [1.82, 2.24) is 15.5 Å². The van der Waals surface area contributed by atoms with Crippen LogP contribution in [-0.4, -0.2) is 36.4 Å². The molecule has 0 radical (unpaired) electrons. The molecule has 10 heteroatoms. The highest BCUT2D eigenvalue weighted by molar-refractivity contribution is 7.90. The van der Waals surface area contributed by atoms with Crippen LogP contribution in [0.15, 0.2) is 88.3 Å². The van der Waals surface area contributed by atoms with Crippen LogP contribution < -0.4 is 10.6 Å². The first-order valence-electron chi connectivity index (χ1n) is 15.6. The van der Waals surface area contributed by atoms with Crippen molar-refractivity contribution in [2.24, 2.45) is 5.92 Å². The lowest BCUT2D eigenvalue weighted by Crippen LogP contribution is -2.44. The zero-order valence-electron chi connectivity index (χ0n) is 27.4. The van der Waals surface area contributed by atoms with E-state index in [0.717, 1.165) is 11.1 Å². The quantitative estimate of drug-likeness (QED) is 0.158. The van der Waals surface area contributed by atoms with E-state index < -0.39 is 21.9 Å². The summed E-state index contributed by atoms with van der Waals surface area (Å²) in [5.41, 5.74) is 2.79. The van der Waals surface area contributed by atoms with Crippen LogP contribution >= 0.6 is 0 Å². The third kappa shape index (κ3) is 9.84. The number of carbonyl (C=O) groups excluding carboxylic acids is 2. The van der Waals surface area contributed by atoms with E-state index in [1.165, 1.54) is 0 Å². The van der Waals surface area contributed by atoms with Crippen molar-refractivity contribution in [3.8, 4) is 0 Å². The second-order valence-electron chi connectivity index (χ2n) is 13.3. The van der Waals surface area contributed by atoms with E-state index in [1.54, 1.807) is 48.5 Å². The molecule has 0 aliphatic carbocycles. The number of Topliss-reactive ketones (excluding diaryl/α,β-unsaturated/α-hetero) is 1. The first-order valence-corrected chi connectivity index (χ1v) is 17.2. The van der Waals surface area contributed by atoms with Gasteiger partial charge >= 0.3 is 6.03 Å². The number of rotatable bonds is 13. The minimum Gasteiger partial charge on any atom is -0.339 e. The standard InChI is InChI=1S/C36H44N4O5S/c1-24(2)20-31(32(41)22-28(21-26-10-8-7-9-11-26)33-39-34(40-45-33)36(4,5)6)38-35(42)37-29-16-14-27(15-17-29)23-46(43,44)30-18-12-25(3)13-19-30/h7-19,24,28,31H,20-23H2,1-6H3,(H2,37,38,42)/t28-,31+/m0/s1. The highest BCUT2D eigenvalue weighted by Gasteiger charge is 2.30. The Hall–Kier alpha value is -4.31. The lowest BCUT2D eigenvalue weighted by Gasteiger charge is -2.22. The molecule has 0 aliphatic heterocycles. The molecule has 3 aromatic carbocycles. The number of carbonyl (C=O) groups is 2. The lowest BCUT2D eigenvalue weighted by atomic mass is 9.89. The molecule has 0 bridgehead atoms. The number of aromatic nitrogens is 2. The largest absolute Gasteiger partial charge is 0.339 e. The fraction of sp³-hybridized carbons (Fsp3) is 0.389. The van der Waals surface area contributed by atoms with Crippen LogP contribution in [0.4, 0.5) is 10.5 Å². The molecule has 244 valence electrons. The maximum absolute atomic E-state index is 13.8. The molecule has 2 amide bonds. The molecule has 0 saturated heterocycles. The Kier molecular flexibility index (Phi) is 11.2. The number of aryl methyl sites for hydroxylation is 1. The summed E-state index contributed by atoms with van der Waals surface area (Å²) in [4.78, 5) is 31.8. The molecule has 9 nitrogen and oxygen atoms in total. The summed E-state index contributed by atoms with van der Waals surface area (Å²) in [6.07, 6.45) is 1.10. The minimum absolute atomic E-state index is 0.114. The summed E-state index contributed by atoms with van der Waals surface area (Å²) in [7, 11) is -3.51. The molecule has 1 aromatic heterocycles. The van der Waals surface area contributed by atoms with Gasteiger partial charge in [0.15, 0.2) is 21.4 Å². The van der Waals surface area contributed by atoms with E-state index in [4.69, 9.17) is 4.52 Å². The highest BCUT2D eigenvalue weighted by Crippen LogP contribution is 2.28. The van der Waals surface area contributed by atoms with E-state index in [-0.39, 0.29) is 40.1 Å². The van der Waals surface area contributed by atoms with Gasteiger partial charge in [-0.2, -0.15) is 4.98 Å². The van der Waals surface area contributed by atoms with Crippen LogP contribution in [0, 0.1) is 12.8 Å². The molecule has 2 N–H and O–H groups in total. The second-order valence-corrected chi connectivity index (χ2v) is 15.3. The van der Waals surface area contributed by atoms with Gasteiger partial charge in [0, 0.05) is 23.4 Å². The summed E-state index contributed by atoms with van der Waals surface area (Å²) in [5, 5.41) is 9.82. The fourth-order valence-corrected chi connectivity index (χ4v) is 6.39. The maximum Gasteiger partial charge on any atom is 0.319 e. The average molecular weight is 645 g/mol. The summed E-state index contributed by atoms with van der Waals surface area (Å²) in [6, 6.07) is 22.0. The van der Waals surface area contributed by atoms with Gasteiger partial charge in [-0.3, -0.25) is 4.79 Å². The van der Waals surface area contributed by atoms with Gasteiger partial charge in [0.1, 0.15) is 0 Å². The minimum atomic E-state index is -3.51. The molecular formula is C36H44N4O5S. The third-order valence-electron chi connectivity index (χ3n) is 7.58. The van der Waals surface area contributed by atoms with E-state index >= 15 is 0 Å². The maximum atomic E-state index is 13.8. The molecule has 0 spiro atoms. The van der Waals surface area contributed by atoms with Crippen LogP contribution in [0.1, 0.15) is 81.8 Å². The SMILES string of the molecule is Cc1ccc(S(=O)(=O)Cc2ccc(NC(=O)N[C@H](CC(C)C)C(=O)C[C@H](Cc3ccccc3)c3nc(C(C)(C)C)no3)cc2)cc1. The van der Waals surface area contributed by atoms with E-state index in [2.05, 4.69) is 20.8 Å². The van der Waals surface area contributed by atoms with E-state index in [9.17, 15) is 18.0 Å². The van der Waals surface area contributed by atoms with Crippen molar-refractivity contribution in [2.75, 3.05) is 5.32 Å². The number of ketones is 1. The van der Waals surface area contributed by atoms with E-state index in [0.29, 0.717) is 35.8 Å². The van der Waals surface area contributed by atoms with E-state index in [1.807, 2.05) is 71.9 Å². The molecule has 4 rings (SSSR count). The van der Waals surface area contributed by atoms with Crippen molar-refractivity contribution in [3.63, 3.8) is 0 Å². The third-order valence-corrected chi connectivity index (χ3v) is 9.29. The Balaban J connectivity index is 1.43. The molecule has 2 atom stereocenters. The van der Waals surface area contributed by atoms with Crippen molar-refractivity contribution < 1.29 is 22.5 Å². The zero-order valence-corrected chi connectivity index (χ0v) is 28.2. The molecule has 4 aromatic rings. The van der Waals surface area contributed by atoms with Gasteiger partial charge in [0.25, 0.3) is 0 Å². The van der Waals surface area contributed by atoms with Crippen molar-refractivity contribution >= 4 is 27.3 Å². The first kappa shape index (κ1) is 34.6. The van der Waals surface area contributed by atoms with Crippen molar-refractivity contribution in [1.29, 1.82) is 0 Å². The normalized spacial score (nSPS) is 13.3. The fourth-order valence-electron chi connectivity index (χ4n) is 5.04. The number of hydrogen-bond donors (Lipinski definition) is 2. The van der Waals surface area contributed by atoms with Gasteiger partial charge in [0.05, 0.1) is 16.7 Å². The Bertz CT molecular complexity index is 1710. The number of amides is 2. The summed E-state index contributed by atoms with van der Waals surface area (Å²) < 4.78 is 31.3. The molecule has 0 saturated carbocycles. The summed E-state index contributed by atoms with van der Waals surface area (Å²) >= 11 is 0. The van der Waals surface area contributed by atoms with Gasteiger partial charge in [-0.25, -0.2) is 13.2 Å². The summed E-state index contributed by atoms with van der Waals surface area (Å²) in [5.74, 6) is 0.475. The van der Waals surface area contributed by atoms with Crippen LogP contribution in [0.3, 0.4) is 0 Å². The monoisotopic (exact) mass is 644 g/mol. The van der Waals surface area contributed by atoms with Crippen LogP contribution in [-0.2, 0) is 32.2 Å². The number of nitrogens with one attached hydrogen (secondary N) is 2. The van der Waals surface area contributed by atoms with Gasteiger partial charge < -0.3 is 15.2 Å². The molecule has 0 aliphatic rings. The smallest absolute Gasteiger partial charge is 0.319 e. The summed E-state index contributed by atoms with van der Waals surface area (Å²) in [6.45, 7) is 11.9. The molecule has 0 fully saturated rings. The highest BCUT2D eigenvalue weighted by atomic mass is 32.2. The number of sulfone groups is 1. The van der Waals surface area contributed by atoms with Crippen molar-refractivity contribution in [2.45, 2.75) is 88.8 Å². The number of urea groups is 1. The Morgan fingerprint density at radius 2 is 1.54 bits per heavy atom. The molecular weight excluding hydrogens is 600 g/mol. The Morgan fingerprint density at radius 1 is 0.891 bits per heavy atom. The lowest BCUT2D eigenvalue weighted by molar-refractivity contribution is -0.121. The van der Waals surface area contributed by atoms with Crippen molar-refractivity contribution in [3.05, 3.63) is 107 Å². The number of anilines is 1. The molecule has 1 heterocycles. The second kappa shape index (κ2) is 14.9. The predicted molar refractivity (Wildman–Crippen MR) is 179 cm³/mol. The van der Waals surface area contributed by atoms with Gasteiger partial charge in [-0.1, -0.05) is 99.9 Å². The van der Waals surface area contributed by atoms with Gasteiger partial charge in [-0.05, 0) is 61.1 Å². The predicted octanol–water partition coefficient (Wildman–Crippen LogP) is 7.17. The zero-order chi connectivity index (χ0) is 33.5. The first-order chi connectivity index (χ1) is 21.7. The Labute approximate surface area is 272 Å².